The molecule has 0 aliphatic rings. The molecule has 0 aliphatic heterocycles. The first kappa shape index (κ1) is 14.0. The fraction of sp³-hybridized carbons (Fsp3) is 0.118. The number of benzene rings is 2. The number of anilines is 1. The zero-order valence-corrected chi connectivity index (χ0v) is 11.3. The molecule has 1 N–H and O–H groups in total. The van der Waals surface area contributed by atoms with Crippen LogP contribution in [0, 0.1) is 6.92 Å². The number of ketones is 1. The summed E-state index contributed by atoms with van der Waals surface area (Å²) in [6.07, 6.45) is 3.04. The molecule has 0 saturated carbocycles. The van der Waals surface area contributed by atoms with Crippen LogP contribution >= 0.6 is 0 Å². The number of hydrogen-bond donors (Lipinski definition) is 1. The lowest BCUT2D eigenvalue weighted by Crippen LogP contribution is -1.96. The molecule has 0 spiro atoms. The summed E-state index contributed by atoms with van der Waals surface area (Å²) in [7, 11) is 0. The summed E-state index contributed by atoms with van der Waals surface area (Å²) in [5.41, 5.74) is 3.07. The van der Waals surface area contributed by atoms with Gasteiger partial charge in [0.05, 0.1) is 0 Å². The predicted octanol–water partition coefficient (Wildman–Crippen LogP) is 4.27. The number of nitrogens with one attached hydrogen (secondary N) is 1. The highest BCUT2D eigenvalue weighted by Crippen LogP contribution is 2.12. The number of alkyl halides is 1. The molecule has 2 aromatic carbocycles. The Kier molecular flexibility index (Phi) is 4.66. The first-order chi connectivity index (χ1) is 9.69. The zero-order valence-electron chi connectivity index (χ0n) is 11.3. The molecule has 0 radical (unpaired) electrons. The first-order valence-corrected chi connectivity index (χ1v) is 6.38. The molecular weight excluding hydrogens is 253 g/mol. The van der Waals surface area contributed by atoms with Crippen LogP contribution in [-0.4, -0.2) is 5.78 Å². The number of carbonyl (C=O) groups is 1. The summed E-state index contributed by atoms with van der Waals surface area (Å²) < 4.78 is 12.5. The van der Waals surface area contributed by atoms with E-state index in [2.05, 4.69) is 5.32 Å². The minimum Gasteiger partial charge on any atom is -0.362 e. The van der Waals surface area contributed by atoms with Crippen LogP contribution in [0.5, 0.6) is 0 Å². The van der Waals surface area contributed by atoms with E-state index in [1.807, 2.05) is 31.2 Å². The van der Waals surface area contributed by atoms with Gasteiger partial charge in [-0.2, -0.15) is 0 Å². The van der Waals surface area contributed by atoms with Gasteiger partial charge >= 0.3 is 0 Å². The molecule has 0 saturated heterocycles. The van der Waals surface area contributed by atoms with Gasteiger partial charge in [0.2, 0.25) is 0 Å². The predicted molar refractivity (Wildman–Crippen MR) is 79.5 cm³/mol. The van der Waals surface area contributed by atoms with E-state index in [-0.39, 0.29) is 5.78 Å². The Hall–Kier alpha value is -2.42. The van der Waals surface area contributed by atoms with Crippen molar-refractivity contribution in [3.05, 3.63) is 77.5 Å². The highest BCUT2D eigenvalue weighted by molar-refractivity contribution is 6.04. The second-order valence-corrected chi connectivity index (χ2v) is 4.55. The normalized spacial score (nSPS) is 10.7. The van der Waals surface area contributed by atoms with Gasteiger partial charge in [-0.25, -0.2) is 4.39 Å². The number of allylic oxidation sites excluding steroid dienone is 1. The monoisotopic (exact) mass is 269 g/mol. The summed E-state index contributed by atoms with van der Waals surface area (Å²) >= 11 is 0. The van der Waals surface area contributed by atoms with Crippen molar-refractivity contribution in [2.75, 3.05) is 5.32 Å². The lowest BCUT2D eigenvalue weighted by Gasteiger charge is -2.02. The van der Waals surface area contributed by atoms with Gasteiger partial charge in [0.15, 0.2) is 5.78 Å². The molecule has 0 aliphatic carbocycles. The summed E-state index contributed by atoms with van der Waals surface area (Å²) in [6, 6.07) is 14.4. The van der Waals surface area contributed by atoms with Crippen LogP contribution < -0.4 is 5.32 Å². The Morgan fingerprint density at radius 2 is 2.00 bits per heavy atom. The Morgan fingerprint density at radius 3 is 2.75 bits per heavy atom. The van der Waals surface area contributed by atoms with Gasteiger partial charge in [-0.05, 0) is 30.7 Å². The lowest BCUT2D eigenvalue weighted by atomic mass is 10.1. The van der Waals surface area contributed by atoms with Crippen LogP contribution in [-0.2, 0) is 6.67 Å². The Balaban J connectivity index is 2.01. The molecule has 0 aromatic heterocycles. The standard InChI is InChI=1S/C17H16FNO/c1-13-4-2-6-15(10-13)17(20)8-9-19-16-7-3-5-14(11-16)12-18/h2-11,19H,12H2,1H3/b9-8-. The van der Waals surface area contributed by atoms with Crippen LogP contribution in [0.3, 0.4) is 0 Å². The molecule has 2 nitrogen and oxygen atoms in total. The summed E-state index contributed by atoms with van der Waals surface area (Å²) in [5.74, 6) is -0.0668. The summed E-state index contributed by atoms with van der Waals surface area (Å²) in [5, 5.41) is 2.97. The fourth-order valence-corrected chi connectivity index (χ4v) is 1.85. The van der Waals surface area contributed by atoms with E-state index in [9.17, 15) is 9.18 Å². The van der Waals surface area contributed by atoms with Gasteiger partial charge in [0.25, 0.3) is 0 Å². The van der Waals surface area contributed by atoms with Gasteiger partial charge in [0.1, 0.15) is 6.67 Å². The van der Waals surface area contributed by atoms with Crippen LogP contribution in [0.25, 0.3) is 0 Å². The number of hydrogen-bond acceptors (Lipinski definition) is 2. The SMILES string of the molecule is Cc1cccc(C(=O)/C=C\Nc2cccc(CF)c2)c1. The van der Waals surface area contributed by atoms with Crippen molar-refractivity contribution in [3.63, 3.8) is 0 Å². The van der Waals surface area contributed by atoms with Crippen molar-refractivity contribution in [2.45, 2.75) is 13.6 Å². The minimum absolute atomic E-state index is 0.0668. The first-order valence-electron chi connectivity index (χ1n) is 6.38. The van der Waals surface area contributed by atoms with E-state index < -0.39 is 6.67 Å². The quantitative estimate of drug-likeness (QED) is 0.648. The van der Waals surface area contributed by atoms with Gasteiger partial charge in [0, 0.05) is 23.5 Å². The largest absolute Gasteiger partial charge is 0.362 e. The van der Waals surface area contributed by atoms with Crippen LogP contribution in [0.4, 0.5) is 10.1 Å². The highest BCUT2D eigenvalue weighted by Gasteiger charge is 2.00. The van der Waals surface area contributed by atoms with E-state index in [0.717, 1.165) is 11.3 Å². The van der Waals surface area contributed by atoms with Gasteiger partial charge in [-0.3, -0.25) is 4.79 Å². The molecule has 20 heavy (non-hydrogen) atoms. The third kappa shape index (κ3) is 3.79. The number of aryl methyl sites for hydroxylation is 1. The minimum atomic E-state index is -0.499. The smallest absolute Gasteiger partial charge is 0.187 e. The summed E-state index contributed by atoms with van der Waals surface area (Å²) in [6.45, 7) is 1.45. The number of rotatable bonds is 5. The van der Waals surface area contributed by atoms with Crippen LogP contribution in [0.2, 0.25) is 0 Å². The van der Waals surface area contributed by atoms with E-state index in [1.165, 1.54) is 6.08 Å². The molecule has 2 aromatic rings. The third-order valence-corrected chi connectivity index (χ3v) is 2.87. The van der Waals surface area contributed by atoms with E-state index in [4.69, 9.17) is 0 Å². The zero-order chi connectivity index (χ0) is 14.4. The summed E-state index contributed by atoms with van der Waals surface area (Å²) in [4.78, 5) is 11.9. The van der Waals surface area contributed by atoms with Crippen molar-refractivity contribution in [1.82, 2.24) is 0 Å². The number of carbonyl (C=O) groups excluding carboxylic acids is 1. The number of halogens is 1. The fourth-order valence-electron chi connectivity index (χ4n) is 1.85. The molecule has 3 heteroatoms. The third-order valence-electron chi connectivity index (χ3n) is 2.87. The second kappa shape index (κ2) is 6.66. The topological polar surface area (TPSA) is 29.1 Å². The Labute approximate surface area is 118 Å². The van der Waals surface area contributed by atoms with Crippen molar-refractivity contribution in [3.8, 4) is 0 Å². The lowest BCUT2D eigenvalue weighted by molar-refractivity contribution is 0.104. The molecule has 102 valence electrons. The van der Waals surface area contributed by atoms with Crippen molar-refractivity contribution in [2.24, 2.45) is 0 Å². The molecular formula is C17H16FNO. The Bertz CT molecular complexity index is 634. The average molecular weight is 269 g/mol. The Morgan fingerprint density at radius 1 is 1.20 bits per heavy atom. The molecule has 2 rings (SSSR count). The van der Waals surface area contributed by atoms with E-state index in [1.54, 1.807) is 30.5 Å². The van der Waals surface area contributed by atoms with Gasteiger partial charge in [-0.15, -0.1) is 0 Å². The van der Waals surface area contributed by atoms with Crippen molar-refractivity contribution in [1.29, 1.82) is 0 Å². The van der Waals surface area contributed by atoms with Crippen molar-refractivity contribution >= 4 is 11.5 Å². The maximum Gasteiger partial charge on any atom is 0.187 e. The van der Waals surface area contributed by atoms with E-state index in [0.29, 0.717) is 11.1 Å². The van der Waals surface area contributed by atoms with Gasteiger partial charge in [-0.1, -0.05) is 35.9 Å². The highest BCUT2D eigenvalue weighted by atomic mass is 19.1. The van der Waals surface area contributed by atoms with Crippen LogP contribution in [0.15, 0.2) is 60.8 Å². The van der Waals surface area contributed by atoms with E-state index >= 15 is 0 Å². The molecule has 0 amide bonds. The maximum absolute atomic E-state index is 12.5. The molecule has 0 fully saturated rings. The second-order valence-electron chi connectivity index (χ2n) is 4.55. The van der Waals surface area contributed by atoms with Crippen LogP contribution in [0.1, 0.15) is 21.5 Å². The molecule has 0 heterocycles. The van der Waals surface area contributed by atoms with Crippen molar-refractivity contribution < 1.29 is 9.18 Å². The molecule has 0 atom stereocenters. The van der Waals surface area contributed by atoms with Gasteiger partial charge < -0.3 is 5.32 Å². The molecule has 0 bridgehead atoms. The maximum atomic E-state index is 12.5. The average Bonchev–Trinajstić information content (AvgIpc) is 2.47. The molecule has 0 unspecified atom stereocenters.